The number of rotatable bonds is 5. The van der Waals surface area contributed by atoms with Crippen molar-refractivity contribution in [2.75, 3.05) is 0 Å². The molecule has 6 heteroatoms. The van der Waals surface area contributed by atoms with Crippen LogP contribution < -0.4 is 10.9 Å². The molecule has 0 aliphatic carbocycles. The van der Waals surface area contributed by atoms with E-state index in [2.05, 4.69) is 45.3 Å². The lowest BCUT2D eigenvalue weighted by molar-refractivity contribution is 0.514. The summed E-state index contributed by atoms with van der Waals surface area (Å²) in [7, 11) is 0. The van der Waals surface area contributed by atoms with Crippen LogP contribution in [0.4, 0.5) is 0 Å². The fourth-order valence-corrected chi connectivity index (χ4v) is 3.40. The van der Waals surface area contributed by atoms with E-state index < -0.39 is 0 Å². The molecule has 0 saturated carbocycles. The van der Waals surface area contributed by atoms with Gasteiger partial charge in [0.15, 0.2) is 4.96 Å². The van der Waals surface area contributed by atoms with Crippen molar-refractivity contribution in [3.8, 4) is 0 Å². The molecule has 114 valence electrons. The molecule has 0 fully saturated rings. The normalized spacial score (nSPS) is 12.6. The largest absolute Gasteiger partial charge is 0.304 e. The van der Waals surface area contributed by atoms with Crippen LogP contribution in [-0.4, -0.2) is 9.38 Å². The van der Waals surface area contributed by atoms with Gasteiger partial charge in [0, 0.05) is 34.7 Å². The molecule has 0 aliphatic heterocycles. The molecule has 0 bridgehead atoms. The van der Waals surface area contributed by atoms with Crippen molar-refractivity contribution in [3.63, 3.8) is 0 Å². The summed E-state index contributed by atoms with van der Waals surface area (Å²) in [4.78, 5) is 17.2. The second-order valence-electron chi connectivity index (χ2n) is 5.03. The first-order valence-electron chi connectivity index (χ1n) is 7.12. The standard InChI is InChI=1S/C16H16BrN3OS/c1-2-14(11-3-5-12(17)6-4-11)18-10-13-9-15(21)20-7-8-22-16(20)19-13/h3-9,14,18H,2,10H2,1H3/t14-/m0/s1. The van der Waals surface area contributed by atoms with E-state index in [9.17, 15) is 4.79 Å². The number of thiazole rings is 1. The number of fused-ring (bicyclic) bond motifs is 1. The SMILES string of the molecule is CC[C@H](NCc1cc(=O)n2ccsc2n1)c1ccc(Br)cc1. The number of hydrogen-bond acceptors (Lipinski definition) is 4. The van der Waals surface area contributed by atoms with Crippen LogP contribution in [0.2, 0.25) is 0 Å². The topological polar surface area (TPSA) is 46.4 Å². The van der Waals surface area contributed by atoms with E-state index in [0.717, 1.165) is 21.5 Å². The molecule has 3 rings (SSSR count). The van der Waals surface area contributed by atoms with Crippen molar-refractivity contribution in [2.45, 2.75) is 25.9 Å². The highest BCUT2D eigenvalue weighted by Gasteiger charge is 2.10. The first-order valence-corrected chi connectivity index (χ1v) is 8.79. The molecule has 0 saturated heterocycles. The van der Waals surface area contributed by atoms with Crippen LogP contribution >= 0.6 is 27.3 Å². The van der Waals surface area contributed by atoms with E-state index in [1.165, 1.54) is 16.9 Å². The Balaban J connectivity index is 1.76. The summed E-state index contributed by atoms with van der Waals surface area (Å²) in [5.74, 6) is 0. The maximum absolute atomic E-state index is 12.0. The molecule has 1 aromatic carbocycles. The highest BCUT2D eigenvalue weighted by molar-refractivity contribution is 9.10. The van der Waals surface area contributed by atoms with Crippen LogP contribution in [0.25, 0.3) is 4.96 Å². The van der Waals surface area contributed by atoms with Crippen LogP contribution in [-0.2, 0) is 6.54 Å². The fraction of sp³-hybridized carbons (Fsp3) is 0.250. The Morgan fingerprint density at radius 3 is 2.86 bits per heavy atom. The Labute approximate surface area is 141 Å². The van der Waals surface area contributed by atoms with Gasteiger partial charge in [0.1, 0.15) is 0 Å². The zero-order chi connectivity index (χ0) is 15.5. The van der Waals surface area contributed by atoms with Crippen LogP contribution in [0.3, 0.4) is 0 Å². The fourth-order valence-electron chi connectivity index (χ4n) is 2.40. The van der Waals surface area contributed by atoms with Crippen LogP contribution in [0.5, 0.6) is 0 Å². The summed E-state index contributed by atoms with van der Waals surface area (Å²) in [6, 6.07) is 10.1. The number of nitrogens with one attached hydrogen (secondary N) is 1. The van der Waals surface area contributed by atoms with Crippen molar-refractivity contribution >= 4 is 32.2 Å². The lowest BCUT2D eigenvalue weighted by Gasteiger charge is -2.17. The zero-order valence-electron chi connectivity index (χ0n) is 12.1. The predicted molar refractivity (Wildman–Crippen MR) is 93.4 cm³/mol. The molecule has 1 N–H and O–H groups in total. The second kappa shape index (κ2) is 6.73. The van der Waals surface area contributed by atoms with Crippen LogP contribution in [0.1, 0.15) is 30.6 Å². The van der Waals surface area contributed by atoms with Crippen molar-refractivity contribution in [2.24, 2.45) is 0 Å². The number of nitrogens with zero attached hydrogens (tertiary/aromatic N) is 2. The minimum atomic E-state index is -0.0280. The number of aromatic nitrogens is 2. The van der Waals surface area contributed by atoms with Gasteiger partial charge in [0.2, 0.25) is 0 Å². The third kappa shape index (κ3) is 3.29. The highest BCUT2D eigenvalue weighted by atomic mass is 79.9. The molecule has 3 aromatic rings. The van der Waals surface area contributed by atoms with Crippen molar-refractivity contribution in [1.82, 2.24) is 14.7 Å². The Hall–Kier alpha value is -1.50. The lowest BCUT2D eigenvalue weighted by Crippen LogP contribution is -2.23. The third-order valence-corrected chi connectivity index (χ3v) is 4.85. The Morgan fingerprint density at radius 2 is 2.14 bits per heavy atom. The Kier molecular flexibility index (Phi) is 4.71. The number of hydrogen-bond donors (Lipinski definition) is 1. The van der Waals surface area contributed by atoms with E-state index in [0.29, 0.717) is 6.54 Å². The van der Waals surface area contributed by atoms with Gasteiger partial charge < -0.3 is 5.32 Å². The summed E-state index contributed by atoms with van der Waals surface area (Å²) in [5, 5.41) is 5.36. The monoisotopic (exact) mass is 377 g/mol. The van der Waals surface area contributed by atoms with Gasteiger partial charge >= 0.3 is 0 Å². The lowest BCUT2D eigenvalue weighted by atomic mass is 10.0. The second-order valence-corrected chi connectivity index (χ2v) is 6.82. The smallest absolute Gasteiger partial charge is 0.258 e. The van der Waals surface area contributed by atoms with Gasteiger partial charge in [-0.05, 0) is 24.1 Å². The van der Waals surface area contributed by atoms with Gasteiger partial charge in [-0.2, -0.15) is 0 Å². The first kappa shape index (κ1) is 15.4. The summed E-state index contributed by atoms with van der Waals surface area (Å²) in [6.07, 6.45) is 2.73. The molecule has 2 aromatic heterocycles. The average Bonchev–Trinajstić information content (AvgIpc) is 2.98. The molecule has 0 unspecified atom stereocenters. The first-order chi connectivity index (χ1) is 10.7. The Bertz CT molecular complexity index is 825. The predicted octanol–water partition coefficient (Wildman–Crippen LogP) is 3.76. The van der Waals surface area contributed by atoms with E-state index in [-0.39, 0.29) is 11.6 Å². The minimum Gasteiger partial charge on any atom is -0.304 e. The van der Waals surface area contributed by atoms with Gasteiger partial charge in [0.05, 0.1) is 5.69 Å². The van der Waals surface area contributed by atoms with Crippen molar-refractivity contribution in [3.05, 3.63) is 68.0 Å². The van der Waals surface area contributed by atoms with Crippen LogP contribution in [0, 0.1) is 0 Å². The van der Waals surface area contributed by atoms with Crippen molar-refractivity contribution < 1.29 is 0 Å². The maximum Gasteiger partial charge on any atom is 0.258 e. The summed E-state index contributed by atoms with van der Waals surface area (Å²) in [5.41, 5.74) is 1.99. The van der Waals surface area contributed by atoms with E-state index >= 15 is 0 Å². The highest BCUT2D eigenvalue weighted by Crippen LogP contribution is 2.19. The molecule has 0 spiro atoms. The Morgan fingerprint density at radius 1 is 1.36 bits per heavy atom. The molecule has 22 heavy (non-hydrogen) atoms. The minimum absolute atomic E-state index is 0.0280. The molecule has 4 nitrogen and oxygen atoms in total. The maximum atomic E-state index is 12.0. The number of benzene rings is 1. The summed E-state index contributed by atoms with van der Waals surface area (Å²) < 4.78 is 2.64. The summed E-state index contributed by atoms with van der Waals surface area (Å²) >= 11 is 4.93. The molecule has 1 atom stereocenters. The van der Waals surface area contributed by atoms with Gasteiger partial charge in [0.25, 0.3) is 5.56 Å². The third-order valence-electron chi connectivity index (χ3n) is 3.57. The molecule has 0 radical (unpaired) electrons. The molecule has 0 aliphatic rings. The van der Waals surface area contributed by atoms with Gasteiger partial charge in [-0.25, -0.2) is 4.98 Å². The zero-order valence-corrected chi connectivity index (χ0v) is 14.5. The quantitative estimate of drug-likeness (QED) is 0.736. The van der Waals surface area contributed by atoms with Gasteiger partial charge in [-0.15, -0.1) is 11.3 Å². The molecular formula is C16H16BrN3OS. The summed E-state index contributed by atoms with van der Waals surface area (Å²) in [6.45, 7) is 2.72. The number of halogens is 1. The average molecular weight is 378 g/mol. The molecule has 2 heterocycles. The van der Waals surface area contributed by atoms with E-state index in [4.69, 9.17) is 0 Å². The van der Waals surface area contributed by atoms with Crippen LogP contribution in [0.15, 0.2) is 51.2 Å². The molecule has 0 amide bonds. The van der Waals surface area contributed by atoms with Gasteiger partial charge in [-0.3, -0.25) is 9.20 Å². The molecular weight excluding hydrogens is 362 g/mol. The van der Waals surface area contributed by atoms with E-state index in [1.54, 1.807) is 16.7 Å². The van der Waals surface area contributed by atoms with Crippen molar-refractivity contribution in [1.29, 1.82) is 0 Å². The van der Waals surface area contributed by atoms with E-state index in [1.807, 2.05) is 17.5 Å². The van der Waals surface area contributed by atoms with Gasteiger partial charge in [-0.1, -0.05) is 35.0 Å².